The SMILES string of the molecule is NCC(=O)NC(Cc1cnc[nH]1)C(=O)NC(CC(N)=O)C(=O)N1CCCC1C(=O)O. The van der Waals surface area contributed by atoms with Crippen LogP contribution in [0.3, 0.4) is 0 Å². The van der Waals surface area contributed by atoms with Crippen molar-refractivity contribution in [1.29, 1.82) is 0 Å². The highest BCUT2D eigenvalue weighted by atomic mass is 16.4. The van der Waals surface area contributed by atoms with Gasteiger partial charge in [0.2, 0.25) is 23.6 Å². The van der Waals surface area contributed by atoms with E-state index in [1.165, 1.54) is 12.5 Å². The molecule has 164 valence electrons. The van der Waals surface area contributed by atoms with Gasteiger partial charge in [-0.2, -0.15) is 0 Å². The molecule has 1 aromatic rings. The smallest absolute Gasteiger partial charge is 0.326 e. The number of imidazole rings is 1. The maximum Gasteiger partial charge on any atom is 0.326 e. The maximum absolute atomic E-state index is 12.9. The zero-order valence-electron chi connectivity index (χ0n) is 16.2. The molecule has 0 aromatic carbocycles. The molecular formula is C17H25N7O6. The summed E-state index contributed by atoms with van der Waals surface area (Å²) < 4.78 is 0. The molecule has 1 aliphatic rings. The monoisotopic (exact) mass is 423 g/mol. The molecule has 1 saturated heterocycles. The van der Waals surface area contributed by atoms with Crippen LogP contribution in [0.25, 0.3) is 0 Å². The summed E-state index contributed by atoms with van der Waals surface area (Å²) in [6.45, 7) is -0.174. The Morgan fingerprint density at radius 2 is 2.00 bits per heavy atom. The molecule has 0 aliphatic carbocycles. The molecule has 2 rings (SSSR count). The Hall–Kier alpha value is -3.48. The van der Waals surface area contributed by atoms with Gasteiger partial charge in [0.05, 0.1) is 19.3 Å². The van der Waals surface area contributed by atoms with E-state index in [9.17, 15) is 29.1 Å². The zero-order valence-corrected chi connectivity index (χ0v) is 16.2. The van der Waals surface area contributed by atoms with Crippen molar-refractivity contribution in [3.63, 3.8) is 0 Å². The van der Waals surface area contributed by atoms with E-state index in [1.807, 2.05) is 0 Å². The lowest BCUT2D eigenvalue weighted by Gasteiger charge is -2.28. The van der Waals surface area contributed by atoms with Crippen molar-refractivity contribution >= 4 is 29.6 Å². The van der Waals surface area contributed by atoms with Crippen molar-refractivity contribution in [3.8, 4) is 0 Å². The first kappa shape index (κ1) is 22.8. The van der Waals surface area contributed by atoms with Gasteiger partial charge in [0.25, 0.3) is 0 Å². The average Bonchev–Trinajstić information content (AvgIpc) is 3.37. The number of H-pyrrole nitrogens is 1. The number of primary amides is 1. The lowest BCUT2D eigenvalue weighted by atomic mass is 10.1. The fraction of sp³-hybridized carbons (Fsp3) is 0.529. The second kappa shape index (κ2) is 10.3. The van der Waals surface area contributed by atoms with E-state index in [0.717, 1.165) is 4.90 Å². The van der Waals surface area contributed by atoms with Gasteiger partial charge >= 0.3 is 5.97 Å². The van der Waals surface area contributed by atoms with Crippen molar-refractivity contribution in [1.82, 2.24) is 25.5 Å². The fourth-order valence-corrected chi connectivity index (χ4v) is 3.24. The van der Waals surface area contributed by atoms with E-state index in [0.29, 0.717) is 12.1 Å². The molecule has 8 N–H and O–H groups in total. The van der Waals surface area contributed by atoms with Crippen LogP contribution < -0.4 is 22.1 Å². The molecule has 1 aliphatic heterocycles. The molecule has 30 heavy (non-hydrogen) atoms. The van der Waals surface area contributed by atoms with Crippen LogP contribution in [-0.2, 0) is 30.4 Å². The summed E-state index contributed by atoms with van der Waals surface area (Å²) in [7, 11) is 0. The predicted octanol–water partition coefficient (Wildman–Crippen LogP) is -3.17. The van der Waals surface area contributed by atoms with Crippen molar-refractivity contribution in [2.24, 2.45) is 11.5 Å². The standard InChI is InChI=1S/C17H25N7O6/c18-6-14(26)22-10(4-9-7-20-8-21-9)15(27)23-11(5-13(19)25)16(28)24-3-1-2-12(24)17(29)30/h7-8,10-12H,1-6,18H2,(H2,19,25)(H,20,21)(H,22,26)(H,23,27)(H,29,30). The fourth-order valence-electron chi connectivity index (χ4n) is 3.24. The van der Waals surface area contributed by atoms with Gasteiger partial charge in [-0.25, -0.2) is 9.78 Å². The lowest BCUT2D eigenvalue weighted by Crippen LogP contribution is -2.57. The quantitative estimate of drug-likeness (QED) is 0.225. The van der Waals surface area contributed by atoms with Crippen molar-refractivity contribution in [2.45, 2.75) is 43.8 Å². The van der Waals surface area contributed by atoms with Crippen molar-refractivity contribution < 1.29 is 29.1 Å². The molecule has 1 fully saturated rings. The van der Waals surface area contributed by atoms with Gasteiger partial charge in [-0.1, -0.05) is 0 Å². The van der Waals surface area contributed by atoms with Gasteiger partial charge in [0.1, 0.15) is 18.1 Å². The van der Waals surface area contributed by atoms with Crippen molar-refractivity contribution in [3.05, 3.63) is 18.2 Å². The number of rotatable bonds is 10. The van der Waals surface area contributed by atoms with Crippen LogP contribution in [0.15, 0.2) is 12.5 Å². The third kappa shape index (κ3) is 6.01. The molecule has 2 heterocycles. The molecule has 13 nitrogen and oxygen atoms in total. The molecule has 13 heteroatoms. The summed E-state index contributed by atoms with van der Waals surface area (Å²) in [5.74, 6) is -4.10. The van der Waals surface area contributed by atoms with Gasteiger partial charge in [-0.05, 0) is 12.8 Å². The minimum absolute atomic E-state index is 0.0243. The third-order valence-electron chi connectivity index (χ3n) is 4.66. The third-order valence-corrected chi connectivity index (χ3v) is 4.66. The average molecular weight is 423 g/mol. The van der Waals surface area contributed by atoms with E-state index in [4.69, 9.17) is 11.5 Å². The lowest BCUT2D eigenvalue weighted by molar-refractivity contribution is -0.149. The van der Waals surface area contributed by atoms with Crippen molar-refractivity contribution in [2.75, 3.05) is 13.1 Å². The number of nitrogens with zero attached hydrogens (tertiary/aromatic N) is 2. The van der Waals surface area contributed by atoms with Crippen LogP contribution in [0.2, 0.25) is 0 Å². The number of likely N-dealkylation sites (tertiary alicyclic amines) is 1. The van der Waals surface area contributed by atoms with E-state index >= 15 is 0 Å². The number of carbonyl (C=O) groups excluding carboxylic acids is 4. The van der Waals surface area contributed by atoms with Crippen LogP contribution in [-0.4, -0.2) is 80.8 Å². The minimum atomic E-state index is -1.37. The number of hydrogen-bond donors (Lipinski definition) is 6. The van der Waals surface area contributed by atoms with E-state index in [1.54, 1.807) is 0 Å². The molecule has 0 saturated carbocycles. The van der Waals surface area contributed by atoms with Gasteiger partial charge in [0.15, 0.2) is 0 Å². The minimum Gasteiger partial charge on any atom is -0.480 e. The summed E-state index contributed by atoms with van der Waals surface area (Å²) in [5.41, 5.74) is 11.0. The van der Waals surface area contributed by atoms with Crippen LogP contribution in [0.5, 0.6) is 0 Å². The number of aromatic amines is 1. The molecule has 4 amide bonds. The summed E-state index contributed by atoms with van der Waals surface area (Å²) in [6, 6.07) is -3.52. The zero-order chi connectivity index (χ0) is 22.3. The van der Waals surface area contributed by atoms with Gasteiger partial charge in [-0.3, -0.25) is 19.2 Å². The summed E-state index contributed by atoms with van der Waals surface area (Å²) >= 11 is 0. The molecular weight excluding hydrogens is 398 g/mol. The highest BCUT2D eigenvalue weighted by Crippen LogP contribution is 2.19. The Balaban J connectivity index is 2.18. The Bertz CT molecular complexity index is 797. The number of aliphatic carboxylic acids is 1. The van der Waals surface area contributed by atoms with E-state index in [-0.39, 0.29) is 25.9 Å². The molecule has 0 radical (unpaired) electrons. The maximum atomic E-state index is 12.9. The second-order valence-corrected chi connectivity index (χ2v) is 6.86. The first-order chi connectivity index (χ1) is 14.2. The van der Waals surface area contributed by atoms with Gasteiger partial charge in [-0.15, -0.1) is 0 Å². The number of nitrogens with two attached hydrogens (primary N) is 2. The normalized spacial score (nSPS) is 17.8. The van der Waals surface area contributed by atoms with E-state index < -0.39 is 54.1 Å². The van der Waals surface area contributed by atoms with Gasteiger partial charge in [0, 0.05) is 24.9 Å². The number of carboxylic acids is 1. The Morgan fingerprint density at radius 1 is 1.27 bits per heavy atom. The topological polar surface area (TPSA) is 214 Å². The molecule has 0 bridgehead atoms. The van der Waals surface area contributed by atoms with Crippen LogP contribution in [0.4, 0.5) is 0 Å². The first-order valence-electron chi connectivity index (χ1n) is 9.31. The molecule has 3 atom stereocenters. The predicted molar refractivity (Wildman–Crippen MR) is 101 cm³/mol. The first-order valence-corrected chi connectivity index (χ1v) is 9.31. The number of nitrogens with one attached hydrogen (secondary N) is 3. The largest absolute Gasteiger partial charge is 0.480 e. The number of aromatic nitrogens is 2. The molecule has 0 spiro atoms. The van der Waals surface area contributed by atoms with E-state index in [2.05, 4.69) is 20.6 Å². The Labute approximate surface area is 171 Å². The van der Waals surface area contributed by atoms with Crippen LogP contribution >= 0.6 is 0 Å². The number of hydrogen-bond acceptors (Lipinski definition) is 7. The number of carboxylic acid groups (broad SMARTS) is 1. The Kier molecular flexibility index (Phi) is 7.86. The highest BCUT2D eigenvalue weighted by molar-refractivity contribution is 5.96. The summed E-state index contributed by atoms with van der Waals surface area (Å²) in [4.78, 5) is 68.0. The highest BCUT2D eigenvalue weighted by Gasteiger charge is 2.38. The molecule has 1 aromatic heterocycles. The Morgan fingerprint density at radius 3 is 2.57 bits per heavy atom. The van der Waals surface area contributed by atoms with Crippen LogP contribution in [0, 0.1) is 0 Å². The second-order valence-electron chi connectivity index (χ2n) is 6.86. The molecule has 3 unspecified atom stereocenters. The van der Waals surface area contributed by atoms with Crippen LogP contribution in [0.1, 0.15) is 25.0 Å². The summed E-state index contributed by atoms with van der Waals surface area (Å²) in [6.07, 6.45) is 3.12. The number of amides is 4. The summed E-state index contributed by atoms with van der Waals surface area (Å²) in [5, 5.41) is 14.1. The number of carbonyl (C=O) groups is 5. The van der Waals surface area contributed by atoms with Gasteiger partial charge < -0.3 is 37.1 Å².